The van der Waals surface area contributed by atoms with Gasteiger partial charge in [-0.25, -0.2) is 0 Å². The summed E-state index contributed by atoms with van der Waals surface area (Å²) in [6, 6.07) is 5.13. The van der Waals surface area contributed by atoms with E-state index >= 15 is 0 Å². The van der Waals surface area contributed by atoms with Crippen molar-refractivity contribution in [2.75, 3.05) is 6.54 Å². The Morgan fingerprint density at radius 3 is 2.71 bits per heavy atom. The zero-order valence-corrected chi connectivity index (χ0v) is 12.0. The predicted octanol–water partition coefficient (Wildman–Crippen LogP) is 4.16. The van der Waals surface area contributed by atoms with E-state index in [1.807, 2.05) is 11.3 Å². The van der Waals surface area contributed by atoms with Crippen molar-refractivity contribution < 1.29 is 0 Å². The van der Waals surface area contributed by atoms with E-state index in [2.05, 4.69) is 31.3 Å². The van der Waals surface area contributed by atoms with E-state index in [0.717, 1.165) is 5.92 Å². The zero-order chi connectivity index (χ0) is 12.1. The SMILES string of the molecule is Cc1ccc(CC(C)NCC2CCCCC2)s1. The molecule has 17 heavy (non-hydrogen) atoms. The first-order valence-electron chi connectivity index (χ1n) is 7.03. The second-order valence-electron chi connectivity index (χ2n) is 5.53. The molecule has 0 amide bonds. The highest BCUT2D eigenvalue weighted by atomic mass is 32.1. The van der Waals surface area contributed by atoms with Crippen molar-refractivity contribution in [3.05, 3.63) is 21.9 Å². The van der Waals surface area contributed by atoms with Crippen LogP contribution in [0.5, 0.6) is 0 Å². The first kappa shape index (κ1) is 13.1. The molecule has 0 saturated heterocycles. The van der Waals surface area contributed by atoms with Gasteiger partial charge >= 0.3 is 0 Å². The summed E-state index contributed by atoms with van der Waals surface area (Å²) in [6.45, 7) is 5.73. The second-order valence-corrected chi connectivity index (χ2v) is 6.90. The molecule has 0 radical (unpaired) electrons. The molecule has 1 N–H and O–H groups in total. The maximum atomic E-state index is 3.72. The fourth-order valence-electron chi connectivity index (χ4n) is 2.73. The first-order valence-corrected chi connectivity index (χ1v) is 7.84. The van der Waals surface area contributed by atoms with E-state index < -0.39 is 0 Å². The Hall–Kier alpha value is -0.340. The normalized spacial score (nSPS) is 19.4. The predicted molar refractivity (Wildman–Crippen MR) is 76.8 cm³/mol. The topological polar surface area (TPSA) is 12.0 Å². The summed E-state index contributed by atoms with van der Waals surface area (Å²) in [6.07, 6.45) is 8.43. The molecule has 0 aliphatic heterocycles. The monoisotopic (exact) mass is 251 g/mol. The lowest BCUT2D eigenvalue weighted by Gasteiger charge is -2.23. The van der Waals surface area contributed by atoms with Crippen molar-refractivity contribution in [1.29, 1.82) is 0 Å². The molecule has 1 saturated carbocycles. The van der Waals surface area contributed by atoms with Crippen LogP contribution in [0.2, 0.25) is 0 Å². The Bertz CT molecular complexity index is 325. The van der Waals surface area contributed by atoms with E-state index in [1.165, 1.54) is 54.8 Å². The van der Waals surface area contributed by atoms with Crippen LogP contribution in [0.25, 0.3) is 0 Å². The Balaban J connectivity index is 1.68. The standard InChI is InChI=1S/C15H25NS/c1-12(10-15-9-8-13(2)17-15)16-11-14-6-4-3-5-7-14/h8-9,12,14,16H,3-7,10-11H2,1-2H3. The smallest absolute Gasteiger partial charge is 0.00871 e. The van der Waals surface area contributed by atoms with Gasteiger partial charge in [-0.2, -0.15) is 0 Å². The van der Waals surface area contributed by atoms with Crippen LogP contribution < -0.4 is 5.32 Å². The highest BCUT2D eigenvalue weighted by Crippen LogP contribution is 2.23. The molecule has 1 aromatic rings. The van der Waals surface area contributed by atoms with Crippen LogP contribution in [0, 0.1) is 12.8 Å². The van der Waals surface area contributed by atoms with Gasteiger partial charge in [-0.3, -0.25) is 0 Å². The molecule has 1 aliphatic rings. The summed E-state index contributed by atoms with van der Waals surface area (Å²) >= 11 is 1.94. The molecule has 96 valence electrons. The lowest BCUT2D eigenvalue weighted by Crippen LogP contribution is -2.33. The Morgan fingerprint density at radius 1 is 1.29 bits per heavy atom. The van der Waals surface area contributed by atoms with E-state index in [1.54, 1.807) is 0 Å². The minimum Gasteiger partial charge on any atom is -0.314 e. The van der Waals surface area contributed by atoms with Gasteiger partial charge in [0.2, 0.25) is 0 Å². The first-order chi connectivity index (χ1) is 8.24. The molecule has 0 aromatic carbocycles. The van der Waals surface area contributed by atoms with Crippen LogP contribution in [0.4, 0.5) is 0 Å². The molecule has 2 rings (SSSR count). The van der Waals surface area contributed by atoms with Gasteiger partial charge < -0.3 is 5.32 Å². The van der Waals surface area contributed by atoms with Gasteiger partial charge in [0.1, 0.15) is 0 Å². The van der Waals surface area contributed by atoms with Crippen LogP contribution in [-0.2, 0) is 6.42 Å². The fraction of sp³-hybridized carbons (Fsp3) is 0.733. The molecule has 0 bridgehead atoms. The van der Waals surface area contributed by atoms with E-state index in [4.69, 9.17) is 0 Å². The van der Waals surface area contributed by atoms with Crippen LogP contribution in [0.1, 0.15) is 48.8 Å². The molecular formula is C15H25NS. The lowest BCUT2D eigenvalue weighted by molar-refractivity contribution is 0.330. The molecule has 0 spiro atoms. The number of aryl methyl sites for hydroxylation is 1. The number of rotatable bonds is 5. The van der Waals surface area contributed by atoms with Crippen molar-refractivity contribution in [3.8, 4) is 0 Å². The number of hydrogen-bond acceptors (Lipinski definition) is 2. The Kier molecular flexibility index (Phi) is 5.05. The molecule has 1 unspecified atom stereocenters. The molecule has 1 atom stereocenters. The summed E-state index contributed by atoms with van der Waals surface area (Å²) in [7, 11) is 0. The van der Waals surface area contributed by atoms with Crippen molar-refractivity contribution >= 4 is 11.3 Å². The molecule has 1 fully saturated rings. The van der Waals surface area contributed by atoms with Crippen molar-refractivity contribution in [2.45, 2.75) is 58.4 Å². The Labute approximate surface area is 110 Å². The van der Waals surface area contributed by atoms with E-state index in [0.29, 0.717) is 6.04 Å². The minimum atomic E-state index is 0.620. The van der Waals surface area contributed by atoms with Crippen LogP contribution >= 0.6 is 11.3 Å². The average molecular weight is 251 g/mol. The summed E-state index contributed by atoms with van der Waals surface area (Å²) in [5.74, 6) is 0.941. The molecule has 1 nitrogen and oxygen atoms in total. The maximum absolute atomic E-state index is 3.72. The maximum Gasteiger partial charge on any atom is 0.00871 e. The zero-order valence-electron chi connectivity index (χ0n) is 11.2. The largest absolute Gasteiger partial charge is 0.314 e. The van der Waals surface area contributed by atoms with Crippen LogP contribution in [0.15, 0.2) is 12.1 Å². The molecular weight excluding hydrogens is 226 g/mol. The van der Waals surface area contributed by atoms with Gasteiger partial charge in [-0.05, 0) is 57.7 Å². The molecule has 2 heteroatoms. The fourth-order valence-corrected chi connectivity index (χ4v) is 3.75. The third-order valence-electron chi connectivity index (χ3n) is 3.78. The number of thiophene rings is 1. The van der Waals surface area contributed by atoms with Crippen LogP contribution in [-0.4, -0.2) is 12.6 Å². The summed E-state index contributed by atoms with van der Waals surface area (Å²) < 4.78 is 0. The second kappa shape index (κ2) is 6.55. The molecule has 1 aliphatic carbocycles. The van der Waals surface area contributed by atoms with E-state index in [9.17, 15) is 0 Å². The highest BCUT2D eigenvalue weighted by molar-refractivity contribution is 7.11. The minimum absolute atomic E-state index is 0.620. The lowest BCUT2D eigenvalue weighted by atomic mass is 9.89. The third-order valence-corrected chi connectivity index (χ3v) is 4.81. The van der Waals surface area contributed by atoms with Gasteiger partial charge in [-0.15, -0.1) is 11.3 Å². The van der Waals surface area contributed by atoms with Gasteiger partial charge in [0.15, 0.2) is 0 Å². The van der Waals surface area contributed by atoms with Crippen molar-refractivity contribution in [2.24, 2.45) is 5.92 Å². The highest BCUT2D eigenvalue weighted by Gasteiger charge is 2.14. The Morgan fingerprint density at radius 2 is 2.06 bits per heavy atom. The molecule has 1 heterocycles. The van der Waals surface area contributed by atoms with Gasteiger partial charge in [-0.1, -0.05) is 19.3 Å². The summed E-state index contributed by atoms with van der Waals surface area (Å²) in [5.41, 5.74) is 0. The van der Waals surface area contributed by atoms with Gasteiger partial charge in [0, 0.05) is 15.8 Å². The van der Waals surface area contributed by atoms with E-state index in [-0.39, 0.29) is 0 Å². The summed E-state index contributed by atoms with van der Waals surface area (Å²) in [4.78, 5) is 2.95. The molecule has 1 aromatic heterocycles. The van der Waals surface area contributed by atoms with Crippen molar-refractivity contribution in [3.63, 3.8) is 0 Å². The van der Waals surface area contributed by atoms with Gasteiger partial charge in [0.25, 0.3) is 0 Å². The van der Waals surface area contributed by atoms with Gasteiger partial charge in [0.05, 0.1) is 0 Å². The quantitative estimate of drug-likeness (QED) is 0.828. The average Bonchev–Trinajstić information content (AvgIpc) is 2.73. The number of hydrogen-bond donors (Lipinski definition) is 1. The van der Waals surface area contributed by atoms with Crippen molar-refractivity contribution in [1.82, 2.24) is 5.32 Å². The number of nitrogens with one attached hydrogen (secondary N) is 1. The summed E-state index contributed by atoms with van der Waals surface area (Å²) in [5, 5.41) is 3.72. The third kappa shape index (κ3) is 4.44. The van der Waals surface area contributed by atoms with Crippen LogP contribution in [0.3, 0.4) is 0 Å².